The van der Waals surface area contributed by atoms with E-state index in [0.29, 0.717) is 11.3 Å². The Labute approximate surface area is 116 Å². The molecule has 0 heterocycles. The molecule has 0 radical (unpaired) electrons. The van der Waals surface area contributed by atoms with E-state index in [0.717, 1.165) is 5.69 Å². The van der Waals surface area contributed by atoms with Crippen molar-refractivity contribution in [2.75, 3.05) is 0 Å². The van der Waals surface area contributed by atoms with Crippen molar-refractivity contribution < 1.29 is 4.79 Å². The molecule has 0 aliphatic rings. The van der Waals surface area contributed by atoms with Crippen LogP contribution in [0.2, 0.25) is 0 Å². The first-order valence-corrected chi connectivity index (χ1v) is 6.07. The highest BCUT2D eigenvalue weighted by molar-refractivity contribution is 6.02. The third-order valence-corrected chi connectivity index (χ3v) is 2.43. The van der Waals surface area contributed by atoms with E-state index in [9.17, 15) is 4.79 Å². The number of benzene rings is 2. The molecule has 0 saturated heterocycles. The van der Waals surface area contributed by atoms with Crippen LogP contribution in [0, 0.1) is 0 Å². The largest absolute Gasteiger partial charge is 0.387 e. The maximum absolute atomic E-state index is 11.6. The van der Waals surface area contributed by atoms with Crippen molar-refractivity contribution in [1.82, 2.24) is 0 Å². The smallest absolute Gasteiger partial charge is 0.278 e. The highest BCUT2D eigenvalue weighted by atomic mass is 16.1. The van der Waals surface area contributed by atoms with Crippen molar-refractivity contribution >= 4 is 23.1 Å². The summed E-state index contributed by atoms with van der Waals surface area (Å²) in [5.41, 5.74) is 7.27. The summed E-state index contributed by atoms with van der Waals surface area (Å²) in [6.07, 6.45) is 0. The number of aliphatic imine (C=N–C) groups is 1. The van der Waals surface area contributed by atoms with Crippen molar-refractivity contribution in [3.8, 4) is 0 Å². The summed E-state index contributed by atoms with van der Waals surface area (Å²) < 4.78 is 0. The minimum Gasteiger partial charge on any atom is -0.387 e. The van der Waals surface area contributed by atoms with Gasteiger partial charge in [0.05, 0.1) is 11.4 Å². The molecule has 2 aromatic rings. The van der Waals surface area contributed by atoms with Crippen molar-refractivity contribution in [2.24, 2.45) is 21.0 Å². The molecule has 2 aromatic carbocycles. The van der Waals surface area contributed by atoms with E-state index in [1.54, 1.807) is 31.2 Å². The molecule has 2 N–H and O–H groups in total. The van der Waals surface area contributed by atoms with Crippen molar-refractivity contribution in [1.29, 1.82) is 0 Å². The zero-order valence-electron chi connectivity index (χ0n) is 11.0. The van der Waals surface area contributed by atoms with Gasteiger partial charge in [-0.15, -0.1) is 0 Å². The summed E-state index contributed by atoms with van der Waals surface area (Å²) in [6, 6.07) is 16.1. The first-order valence-electron chi connectivity index (χ1n) is 6.07. The lowest BCUT2D eigenvalue weighted by atomic mass is 10.2. The molecule has 0 saturated carbocycles. The summed E-state index contributed by atoms with van der Waals surface area (Å²) in [7, 11) is 0. The summed E-state index contributed by atoms with van der Waals surface area (Å²) in [5, 5.41) is 8.18. The molecule has 0 aliphatic carbocycles. The van der Waals surface area contributed by atoms with Crippen LogP contribution in [0.5, 0.6) is 0 Å². The number of hydrogen-bond acceptors (Lipinski definition) is 3. The van der Waals surface area contributed by atoms with Crippen LogP contribution in [0.25, 0.3) is 0 Å². The van der Waals surface area contributed by atoms with Gasteiger partial charge in [0.15, 0.2) is 0 Å². The van der Waals surface area contributed by atoms with Crippen LogP contribution >= 0.6 is 0 Å². The van der Waals surface area contributed by atoms with Crippen LogP contribution in [-0.2, 0) is 0 Å². The van der Waals surface area contributed by atoms with E-state index < -0.39 is 0 Å². The van der Waals surface area contributed by atoms with Crippen molar-refractivity contribution in [3.05, 3.63) is 60.2 Å². The molecular formula is C15H14N4O. The third kappa shape index (κ3) is 3.84. The molecule has 0 aromatic heterocycles. The SMILES string of the molecule is CC(N)=NC(=O)c1ccc(N=Nc2ccccc2)cc1. The van der Waals surface area contributed by atoms with E-state index in [1.165, 1.54) is 0 Å². The lowest BCUT2D eigenvalue weighted by Gasteiger charge is -1.97. The predicted molar refractivity (Wildman–Crippen MR) is 78.7 cm³/mol. The first-order chi connectivity index (χ1) is 9.65. The minimum absolute atomic E-state index is 0.239. The second kappa shape index (κ2) is 6.38. The molecule has 5 nitrogen and oxygen atoms in total. The van der Waals surface area contributed by atoms with E-state index in [-0.39, 0.29) is 11.7 Å². The monoisotopic (exact) mass is 266 g/mol. The van der Waals surface area contributed by atoms with Crippen LogP contribution in [0.3, 0.4) is 0 Å². The number of amidine groups is 1. The van der Waals surface area contributed by atoms with E-state index in [1.807, 2.05) is 30.3 Å². The molecule has 0 spiro atoms. The highest BCUT2D eigenvalue weighted by Gasteiger charge is 2.03. The summed E-state index contributed by atoms with van der Waals surface area (Å²) in [6.45, 7) is 1.57. The molecule has 1 amide bonds. The first kappa shape index (κ1) is 13.6. The Hall–Kier alpha value is -2.82. The number of carbonyl (C=O) groups is 1. The average Bonchev–Trinajstić information content (AvgIpc) is 2.46. The summed E-state index contributed by atoms with van der Waals surface area (Å²) >= 11 is 0. The lowest BCUT2D eigenvalue weighted by Crippen LogP contribution is -2.09. The molecule has 20 heavy (non-hydrogen) atoms. The molecule has 2 rings (SSSR count). The number of rotatable bonds is 3. The number of carbonyl (C=O) groups excluding carboxylic acids is 1. The topological polar surface area (TPSA) is 80.2 Å². The van der Waals surface area contributed by atoms with E-state index in [4.69, 9.17) is 5.73 Å². The van der Waals surface area contributed by atoms with Gasteiger partial charge in [-0.25, -0.2) is 0 Å². The average molecular weight is 266 g/mol. The summed E-state index contributed by atoms with van der Waals surface area (Å²) in [4.78, 5) is 15.3. The number of azo groups is 1. The Morgan fingerprint density at radius 3 is 2.00 bits per heavy atom. The fourth-order valence-electron chi connectivity index (χ4n) is 1.51. The maximum atomic E-state index is 11.6. The van der Waals surface area contributed by atoms with Crippen LogP contribution in [0.4, 0.5) is 11.4 Å². The van der Waals surface area contributed by atoms with Gasteiger partial charge in [-0.05, 0) is 43.3 Å². The van der Waals surface area contributed by atoms with Crippen LogP contribution in [-0.4, -0.2) is 11.7 Å². The van der Waals surface area contributed by atoms with Gasteiger partial charge in [-0.1, -0.05) is 18.2 Å². The number of nitrogens with two attached hydrogens (primary N) is 1. The Morgan fingerprint density at radius 2 is 1.45 bits per heavy atom. The Balaban J connectivity index is 2.11. The Morgan fingerprint density at radius 1 is 0.900 bits per heavy atom. The fourth-order valence-corrected chi connectivity index (χ4v) is 1.51. The van der Waals surface area contributed by atoms with Crippen molar-refractivity contribution in [2.45, 2.75) is 6.92 Å². The van der Waals surface area contributed by atoms with Crippen LogP contribution < -0.4 is 5.73 Å². The van der Waals surface area contributed by atoms with Gasteiger partial charge in [0.1, 0.15) is 5.84 Å². The third-order valence-electron chi connectivity index (χ3n) is 2.43. The predicted octanol–water partition coefficient (Wildman–Crippen LogP) is 3.62. The highest BCUT2D eigenvalue weighted by Crippen LogP contribution is 2.18. The molecule has 100 valence electrons. The quantitative estimate of drug-likeness (QED) is 0.523. The zero-order valence-corrected chi connectivity index (χ0v) is 11.0. The van der Waals surface area contributed by atoms with Crippen LogP contribution in [0.1, 0.15) is 17.3 Å². The standard InChI is InChI=1S/C15H14N4O/c1-11(16)17-15(20)12-7-9-14(10-8-12)19-18-13-5-3-2-4-6-13/h2-10H,1H3,(H2,16,17,20). The maximum Gasteiger partial charge on any atom is 0.278 e. The van der Waals surface area contributed by atoms with E-state index >= 15 is 0 Å². The molecule has 0 aliphatic heterocycles. The fraction of sp³-hybridized carbons (Fsp3) is 0.0667. The van der Waals surface area contributed by atoms with Gasteiger partial charge in [0.25, 0.3) is 5.91 Å². The normalized spacial score (nSPS) is 11.8. The molecule has 0 bridgehead atoms. The molecule has 0 fully saturated rings. The van der Waals surface area contributed by atoms with Gasteiger partial charge in [-0.2, -0.15) is 15.2 Å². The molecule has 5 heteroatoms. The Kier molecular flexibility index (Phi) is 4.34. The number of nitrogens with zero attached hydrogens (tertiary/aromatic N) is 3. The zero-order chi connectivity index (χ0) is 14.4. The second-order valence-electron chi connectivity index (χ2n) is 4.14. The lowest BCUT2D eigenvalue weighted by molar-refractivity contribution is 0.100. The number of hydrogen-bond donors (Lipinski definition) is 1. The van der Waals surface area contributed by atoms with Gasteiger partial charge in [-0.3, -0.25) is 4.79 Å². The summed E-state index contributed by atoms with van der Waals surface area (Å²) in [5.74, 6) is -0.126. The minimum atomic E-state index is -0.364. The molecule has 0 unspecified atom stereocenters. The Bertz CT molecular complexity index is 641. The van der Waals surface area contributed by atoms with E-state index in [2.05, 4.69) is 15.2 Å². The van der Waals surface area contributed by atoms with Gasteiger partial charge in [0, 0.05) is 5.56 Å². The van der Waals surface area contributed by atoms with Gasteiger partial charge in [0.2, 0.25) is 0 Å². The van der Waals surface area contributed by atoms with Gasteiger partial charge < -0.3 is 5.73 Å². The number of amides is 1. The van der Waals surface area contributed by atoms with Crippen molar-refractivity contribution in [3.63, 3.8) is 0 Å². The molecular weight excluding hydrogens is 252 g/mol. The molecule has 0 atom stereocenters. The van der Waals surface area contributed by atoms with Gasteiger partial charge >= 0.3 is 0 Å². The second-order valence-corrected chi connectivity index (χ2v) is 4.14. The van der Waals surface area contributed by atoms with Crippen LogP contribution in [0.15, 0.2) is 69.8 Å².